The summed E-state index contributed by atoms with van der Waals surface area (Å²) in [5, 5.41) is 3.25. The molecule has 0 bridgehead atoms. The van der Waals surface area contributed by atoms with Gasteiger partial charge in [0.15, 0.2) is 11.5 Å². The van der Waals surface area contributed by atoms with E-state index in [1.165, 1.54) is 11.8 Å². The largest absolute Gasteiger partial charge is 0.448 e. The molecular weight excluding hydrogens is 550 g/mol. The Morgan fingerprint density at radius 2 is 1.80 bits per heavy atom. The molecule has 2 N–H and O–H groups in total. The summed E-state index contributed by atoms with van der Waals surface area (Å²) in [7, 11) is 0. The van der Waals surface area contributed by atoms with Crippen LogP contribution in [0.25, 0.3) is 0 Å². The van der Waals surface area contributed by atoms with Crippen molar-refractivity contribution >= 4 is 29.3 Å². The van der Waals surface area contributed by atoms with E-state index in [-0.39, 0.29) is 23.9 Å². The van der Waals surface area contributed by atoms with Crippen LogP contribution in [0.2, 0.25) is 5.02 Å². The molecule has 4 aliphatic rings. The molecule has 1 aromatic carbocycles. The van der Waals surface area contributed by atoms with Crippen LogP contribution < -0.4 is 20.3 Å². The van der Waals surface area contributed by atoms with Crippen LogP contribution in [-0.2, 0) is 11.3 Å². The van der Waals surface area contributed by atoms with Gasteiger partial charge >= 0.3 is 0 Å². The predicted molar refractivity (Wildman–Crippen MR) is 156 cm³/mol. The molecule has 3 aliphatic heterocycles. The maximum absolute atomic E-state index is 13.3. The van der Waals surface area contributed by atoms with E-state index in [1.54, 1.807) is 6.07 Å². The van der Waals surface area contributed by atoms with E-state index < -0.39 is 5.79 Å². The van der Waals surface area contributed by atoms with E-state index in [2.05, 4.69) is 15.2 Å². The molecule has 1 aliphatic carbocycles. The Morgan fingerprint density at radius 1 is 1.12 bits per heavy atom. The number of likely N-dealkylation sites (tertiary alicyclic amines) is 1. The highest BCUT2D eigenvalue weighted by atomic mass is 35.5. The van der Waals surface area contributed by atoms with E-state index in [0.29, 0.717) is 51.1 Å². The summed E-state index contributed by atoms with van der Waals surface area (Å²) >= 11 is 8.14. The first-order chi connectivity index (χ1) is 19.2. The molecular formula is C30H38ClN3O5S. The van der Waals surface area contributed by atoms with Crippen molar-refractivity contribution in [2.24, 2.45) is 17.8 Å². The number of H-pyrrole nitrogens is 1. The summed E-state index contributed by atoms with van der Waals surface area (Å²) in [6.07, 6.45) is 6.20. The summed E-state index contributed by atoms with van der Waals surface area (Å²) in [5.74, 6) is 1.54. The van der Waals surface area contributed by atoms with Crippen molar-refractivity contribution in [1.29, 1.82) is 0 Å². The lowest BCUT2D eigenvalue weighted by Gasteiger charge is -2.40. The molecule has 10 heteroatoms. The maximum Gasteiger partial charge on any atom is 0.254 e. The highest BCUT2D eigenvalue weighted by molar-refractivity contribution is 7.98. The van der Waals surface area contributed by atoms with Gasteiger partial charge < -0.3 is 24.5 Å². The normalized spacial score (nSPS) is 29.5. The first kappa shape index (κ1) is 27.9. The van der Waals surface area contributed by atoms with Gasteiger partial charge in [-0.05, 0) is 57.9 Å². The number of halogens is 1. The fraction of sp³-hybridized carbons (Fsp3) is 0.600. The van der Waals surface area contributed by atoms with Crippen LogP contribution in [0.4, 0.5) is 0 Å². The van der Waals surface area contributed by atoms with Gasteiger partial charge in [0.1, 0.15) is 0 Å². The van der Waals surface area contributed by atoms with Crippen molar-refractivity contribution in [3.63, 3.8) is 0 Å². The van der Waals surface area contributed by atoms with E-state index in [1.807, 2.05) is 33.1 Å². The van der Waals surface area contributed by atoms with Gasteiger partial charge in [0.25, 0.3) is 17.3 Å². The number of pyridine rings is 1. The molecule has 0 radical (unpaired) electrons. The monoisotopic (exact) mass is 587 g/mol. The van der Waals surface area contributed by atoms with Crippen molar-refractivity contribution in [2.75, 3.05) is 32.6 Å². The first-order valence-corrected chi connectivity index (χ1v) is 15.8. The number of carbonyl (C=O) groups excluding carboxylic acids is 1. The average molecular weight is 588 g/mol. The molecule has 3 fully saturated rings. The lowest BCUT2D eigenvalue weighted by atomic mass is 9.81. The fourth-order valence-corrected chi connectivity index (χ4v) is 7.97. The van der Waals surface area contributed by atoms with Crippen LogP contribution in [0.5, 0.6) is 11.5 Å². The van der Waals surface area contributed by atoms with E-state index in [4.69, 9.17) is 25.8 Å². The van der Waals surface area contributed by atoms with Crippen LogP contribution in [-0.4, -0.2) is 60.2 Å². The SMILES string of the molecule is CSc1cc(C)[nH]c(=O)c1CNC(=O)c1cc(Cl)c2c(c1C)OC(C)(C1CCC(N3CC4COCC4C3)CC1)O2. The highest BCUT2D eigenvalue weighted by Gasteiger charge is 2.49. The molecule has 40 heavy (non-hydrogen) atoms. The third-order valence-electron chi connectivity index (χ3n) is 9.39. The third-order valence-corrected chi connectivity index (χ3v) is 10.5. The standard InChI is InChI=1S/C30H38ClN3O5S/c1-16-9-25(40-4)23(29(36)33-16)11-32-28(35)22-10-24(31)27-26(17(22)2)38-30(3,39-27)20-5-7-21(8-6-20)34-12-18-14-37-15-19(18)13-34/h9-10,18-21H,5-8,11-15H2,1-4H3,(H,32,35)(H,33,36). The number of aromatic amines is 1. The number of thioether (sulfide) groups is 1. The van der Waals surface area contributed by atoms with Crippen LogP contribution in [0.1, 0.15) is 59.8 Å². The Hall–Kier alpha value is -2.20. The summed E-state index contributed by atoms with van der Waals surface area (Å²) in [6, 6.07) is 4.16. The van der Waals surface area contributed by atoms with Gasteiger partial charge in [0.2, 0.25) is 0 Å². The van der Waals surface area contributed by atoms with Gasteiger partial charge in [-0.15, -0.1) is 11.8 Å². The molecule has 216 valence electrons. The molecule has 6 rings (SSSR count). The summed E-state index contributed by atoms with van der Waals surface area (Å²) in [5.41, 5.74) is 2.22. The Balaban J connectivity index is 1.12. The van der Waals surface area contributed by atoms with Crippen molar-refractivity contribution in [1.82, 2.24) is 15.2 Å². The topological polar surface area (TPSA) is 92.9 Å². The van der Waals surface area contributed by atoms with Gasteiger partial charge in [-0.1, -0.05) is 11.6 Å². The zero-order valence-electron chi connectivity index (χ0n) is 23.6. The number of amides is 1. The van der Waals surface area contributed by atoms with Gasteiger partial charge in [0.05, 0.1) is 18.2 Å². The van der Waals surface area contributed by atoms with Gasteiger partial charge in [-0.25, -0.2) is 0 Å². The summed E-state index contributed by atoms with van der Waals surface area (Å²) in [4.78, 5) is 32.1. The number of nitrogens with zero attached hydrogens (tertiary/aromatic N) is 1. The average Bonchev–Trinajstić information content (AvgIpc) is 3.64. The zero-order valence-corrected chi connectivity index (χ0v) is 25.2. The van der Waals surface area contributed by atoms with Crippen molar-refractivity contribution in [2.45, 2.75) is 69.7 Å². The van der Waals surface area contributed by atoms with E-state index in [9.17, 15) is 9.59 Å². The van der Waals surface area contributed by atoms with Gasteiger partial charge in [-0.3, -0.25) is 14.5 Å². The number of hydrogen-bond acceptors (Lipinski definition) is 7. The fourth-order valence-electron chi connectivity index (χ4n) is 7.03. The number of nitrogens with one attached hydrogen (secondary N) is 2. The van der Waals surface area contributed by atoms with Gasteiger partial charge in [0, 0.05) is 77.6 Å². The second-order valence-corrected chi connectivity index (χ2v) is 13.2. The van der Waals surface area contributed by atoms with Crippen molar-refractivity contribution in [3.8, 4) is 11.5 Å². The van der Waals surface area contributed by atoms with Crippen LogP contribution in [0.3, 0.4) is 0 Å². The highest BCUT2D eigenvalue weighted by Crippen LogP contribution is 2.52. The molecule has 0 spiro atoms. The number of fused-ring (bicyclic) bond motifs is 2. The molecule has 3 unspecified atom stereocenters. The van der Waals surface area contributed by atoms with Crippen LogP contribution >= 0.6 is 23.4 Å². The van der Waals surface area contributed by atoms with Crippen molar-refractivity contribution < 1.29 is 19.0 Å². The van der Waals surface area contributed by atoms with E-state index in [0.717, 1.165) is 62.6 Å². The number of carbonyl (C=O) groups is 1. The van der Waals surface area contributed by atoms with Gasteiger partial charge in [-0.2, -0.15) is 0 Å². The third kappa shape index (κ3) is 5.03. The molecule has 2 saturated heterocycles. The predicted octanol–water partition coefficient (Wildman–Crippen LogP) is 4.92. The number of aryl methyl sites for hydroxylation is 1. The number of benzene rings is 1. The molecule has 3 atom stereocenters. The molecule has 1 saturated carbocycles. The minimum Gasteiger partial charge on any atom is -0.448 e. The lowest BCUT2D eigenvalue weighted by Crippen LogP contribution is -2.47. The molecule has 2 aromatic rings. The summed E-state index contributed by atoms with van der Waals surface area (Å²) < 4.78 is 18.6. The Bertz CT molecular complexity index is 1360. The number of rotatable bonds is 6. The number of aromatic nitrogens is 1. The molecule has 1 aromatic heterocycles. The summed E-state index contributed by atoms with van der Waals surface area (Å²) in [6.45, 7) is 9.96. The first-order valence-electron chi connectivity index (χ1n) is 14.2. The van der Waals surface area contributed by atoms with Crippen LogP contribution in [0, 0.1) is 31.6 Å². The maximum atomic E-state index is 13.3. The zero-order chi connectivity index (χ0) is 28.2. The molecule has 8 nitrogen and oxygen atoms in total. The second kappa shape index (κ2) is 10.9. The minimum absolute atomic E-state index is 0.114. The minimum atomic E-state index is -0.825. The van der Waals surface area contributed by atoms with E-state index >= 15 is 0 Å². The Morgan fingerprint density at radius 3 is 2.48 bits per heavy atom. The Kier molecular flexibility index (Phi) is 7.61. The van der Waals surface area contributed by atoms with Crippen molar-refractivity contribution in [3.05, 3.63) is 49.9 Å². The van der Waals surface area contributed by atoms with Crippen LogP contribution in [0.15, 0.2) is 21.8 Å². The number of hydrogen-bond donors (Lipinski definition) is 2. The quantitative estimate of drug-likeness (QED) is 0.463. The number of ether oxygens (including phenoxy) is 3. The lowest BCUT2D eigenvalue weighted by molar-refractivity contribution is -0.124. The smallest absolute Gasteiger partial charge is 0.254 e. The molecule has 1 amide bonds. The molecule has 4 heterocycles. The second-order valence-electron chi connectivity index (χ2n) is 11.9. The Labute approximate surface area is 244 Å².